The third kappa shape index (κ3) is 4.08. The van der Waals surface area contributed by atoms with Crippen LogP contribution in [0.1, 0.15) is 55.5 Å². The molecule has 2 nitrogen and oxygen atoms in total. The summed E-state index contributed by atoms with van der Waals surface area (Å²) >= 11 is 0. The second-order valence-corrected chi connectivity index (χ2v) is 13.6. The fourth-order valence-electron chi connectivity index (χ4n) is 7.66. The van der Waals surface area contributed by atoms with Gasteiger partial charge in [-0.05, 0) is 108 Å². The van der Waals surface area contributed by atoms with Gasteiger partial charge in [0.05, 0.1) is 18.2 Å². The molecule has 2 aliphatic rings. The van der Waals surface area contributed by atoms with Crippen molar-refractivity contribution in [3.8, 4) is 61.7 Å². The van der Waals surface area contributed by atoms with Crippen LogP contribution in [0.2, 0.25) is 0 Å². The summed E-state index contributed by atoms with van der Waals surface area (Å²) in [6.45, 7) is 16.6. The standard InChI is InChI=1S/C44H32N2/c1-43(2)39-22-31(28-8-6-27(26-45)7-9-28)14-18-35(39)36-19-15-32(23-40(36)43)29-10-12-30(13-11-29)33-16-20-37-38-21-17-34(46-5)25-42(38)44(3,4)41(37)24-33/h6-25H,1-4H3. The molecule has 0 unspecified atom stereocenters. The molecule has 2 aliphatic carbocycles. The van der Waals surface area contributed by atoms with Gasteiger partial charge >= 0.3 is 0 Å². The summed E-state index contributed by atoms with van der Waals surface area (Å²) in [5.41, 5.74) is 18.6. The Morgan fingerprint density at radius 1 is 0.457 bits per heavy atom. The highest BCUT2D eigenvalue weighted by Crippen LogP contribution is 2.52. The van der Waals surface area contributed by atoms with Crippen LogP contribution in [0.3, 0.4) is 0 Å². The third-order valence-corrected chi connectivity index (χ3v) is 10.4. The number of rotatable bonds is 3. The van der Waals surface area contributed by atoms with E-state index in [0.717, 1.165) is 5.56 Å². The van der Waals surface area contributed by atoms with Gasteiger partial charge in [-0.2, -0.15) is 5.26 Å². The van der Waals surface area contributed by atoms with Crippen molar-refractivity contribution >= 4 is 5.69 Å². The lowest BCUT2D eigenvalue weighted by molar-refractivity contribution is 0.660. The summed E-state index contributed by atoms with van der Waals surface area (Å²) in [5.74, 6) is 0. The molecule has 46 heavy (non-hydrogen) atoms. The highest BCUT2D eigenvalue weighted by atomic mass is 14.6. The molecule has 0 heterocycles. The van der Waals surface area contributed by atoms with Crippen LogP contribution in [0.15, 0.2) is 121 Å². The molecule has 0 atom stereocenters. The van der Waals surface area contributed by atoms with Gasteiger partial charge in [0.15, 0.2) is 5.69 Å². The fourth-order valence-corrected chi connectivity index (χ4v) is 7.66. The minimum atomic E-state index is -0.154. The summed E-state index contributed by atoms with van der Waals surface area (Å²) in [7, 11) is 0. The maximum absolute atomic E-state index is 9.20. The number of hydrogen-bond acceptors (Lipinski definition) is 1. The third-order valence-electron chi connectivity index (χ3n) is 10.4. The Morgan fingerprint density at radius 2 is 0.783 bits per heavy atom. The Balaban J connectivity index is 1.10. The zero-order valence-electron chi connectivity index (χ0n) is 26.4. The molecule has 0 spiro atoms. The van der Waals surface area contributed by atoms with Crippen LogP contribution in [0.25, 0.3) is 60.5 Å². The molecule has 8 rings (SSSR count). The predicted octanol–water partition coefficient (Wildman–Crippen LogP) is 11.7. The van der Waals surface area contributed by atoms with Crippen LogP contribution in [0.4, 0.5) is 5.69 Å². The first-order chi connectivity index (χ1) is 22.2. The molecule has 0 saturated heterocycles. The number of nitriles is 1. The number of hydrogen-bond donors (Lipinski definition) is 0. The average molecular weight is 589 g/mol. The maximum atomic E-state index is 9.20. The van der Waals surface area contributed by atoms with Gasteiger partial charge < -0.3 is 0 Å². The molecular formula is C44H32N2. The van der Waals surface area contributed by atoms with Gasteiger partial charge in [-0.3, -0.25) is 0 Å². The molecule has 0 saturated carbocycles. The molecule has 0 amide bonds. The number of benzene rings is 6. The van der Waals surface area contributed by atoms with Crippen molar-refractivity contribution in [3.63, 3.8) is 0 Å². The van der Waals surface area contributed by atoms with E-state index in [0.29, 0.717) is 11.3 Å². The lowest BCUT2D eigenvalue weighted by Crippen LogP contribution is -2.15. The van der Waals surface area contributed by atoms with E-state index in [2.05, 4.69) is 130 Å². The van der Waals surface area contributed by atoms with Crippen molar-refractivity contribution in [2.24, 2.45) is 0 Å². The zero-order valence-corrected chi connectivity index (χ0v) is 26.4. The Hall–Kier alpha value is -5.70. The summed E-state index contributed by atoms with van der Waals surface area (Å²) in [5, 5.41) is 9.20. The largest absolute Gasteiger partial charge is 0.238 e. The van der Waals surface area contributed by atoms with Crippen molar-refractivity contribution in [2.75, 3.05) is 0 Å². The van der Waals surface area contributed by atoms with Crippen molar-refractivity contribution in [1.29, 1.82) is 5.26 Å². The Morgan fingerprint density at radius 3 is 1.15 bits per heavy atom. The van der Waals surface area contributed by atoms with E-state index < -0.39 is 0 Å². The molecule has 6 aromatic carbocycles. The van der Waals surface area contributed by atoms with Crippen LogP contribution in [0, 0.1) is 17.9 Å². The van der Waals surface area contributed by atoms with E-state index in [1.54, 1.807) is 0 Å². The molecule has 0 radical (unpaired) electrons. The summed E-state index contributed by atoms with van der Waals surface area (Å²) in [4.78, 5) is 3.67. The average Bonchev–Trinajstić information content (AvgIpc) is 3.46. The smallest absolute Gasteiger partial charge is 0.187 e. The topological polar surface area (TPSA) is 28.1 Å². The molecule has 218 valence electrons. The van der Waals surface area contributed by atoms with E-state index in [-0.39, 0.29) is 10.8 Å². The van der Waals surface area contributed by atoms with Gasteiger partial charge in [-0.15, -0.1) is 0 Å². The molecule has 2 heteroatoms. The minimum absolute atomic E-state index is 0.131. The van der Waals surface area contributed by atoms with Crippen molar-refractivity contribution in [1.82, 2.24) is 0 Å². The van der Waals surface area contributed by atoms with Gasteiger partial charge in [0, 0.05) is 10.8 Å². The van der Waals surface area contributed by atoms with Crippen LogP contribution < -0.4 is 0 Å². The Kier molecular flexibility index (Phi) is 5.99. The van der Waals surface area contributed by atoms with Crippen molar-refractivity contribution < 1.29 is 0 Å². The molecule has 6 aromatic rings. The Bertz CT molecular complexity index is 2300. The highest BCUT2D eigenvalue weighted by Gasteiger charge is 2.37. The van der Waals surface area contributed by atoms with Crippen molar-refractivity contribution in [3.05, 3.63) is 161 Å². The second kappa shape index (κ2) is 9.90. The van der Waals surface area contributed by atoms with Crippen LogP contribution >= 0.6 is 0 Å². The zero-order chi connectivity index (χ0) is 31.8. The van der Waals surface area contributed by atoms with E-state index in [9.17, 15) is 5.26 Å². The van der Waals surface area contributed by atoms with Crippen LogP contribution in [0.5, 0.6) is 0 Å². The first-order valence-corrected chi connectivity index (χ1v) is 15.8. The Labute approximate surface area is 271 Å². The molecule has 0 aliphatic heterocycles. The summed E-state index contributed by atoms with van der Waals surface area (Å²) in [6.07, 6.45) is 0. The van der Waals surface area contributed by atoms with Gasteiger partial charge in [-0.1, -0.05) is 119 Å². The SMILES string of the molecule is [C-]#[N+]c1ccc2c(c1)C(C)(C)c1cc(-c3ccc(-c4ccc5c(c4)C(C)(C)c4cc(-c6ccc(C#N)cc6)ccc4-5)cc3)ccc1-2. The normalized spacial score (nSPS) is 14.4. The lowest BCUT2D eigenvalue weighted by atomic mass is 9.80. The van der Waals surface area contributed by atoms with Crippen molar-refractivity contribution in [2.45, 2.75) is 38.5 Å². The molecule has 0 fully saturated rings. The lowest BCUT2D eigenvalue weighted by Gasteiger charge is -2.23. The van der Waals surface area contributed by atoms with Gasteiger partial charge in [0.1, 0.15) is 0 Å². The minimum Gasteiger partial charge on any atom is -0.238 e. The van der Waals surface area contributed by atoms with E-state index in [4.69, 9.17) is 6.57 Å². The number of nitrogens with zero attached hydrogens (tertiary/aromatic N) is 2. The predicted molar refractivity (Wildman–Crippen MR) is 189 cm³/mol. The highest BCUT2D eigenvalue weighted by molar-refractivity contribution is 5.87. The van der Waals surface area contributed by atoms with Gasteiger partial charge in [0.25, 0.3) is 0 Å². The molecular weight excluding hydrogens is 556 g/mol. The van der Waals surface area contributed by atoms with E-state index in [1.807, 2.05) is 30.3 Å². The van der Waals surface area contributed by atoms with Crippen LogP contribution in [-0.4, -0.2) is 0 Å². The monoisotopic (exact) mass is 588 g/mol. The first-order valence-electron chi connectivity index (χ1n) is 15.8. The van der Waals surface area contributed by atoms with Gasteiger partial charge in [-0.25, -0.2) is 4.85 Å². The maximum Gasteiger partial charge on any atom is 0.187 e. The second-order valence-electron chi connectivity index (χ2n) is 13.6. The fraction of sp³-hybridized carbons (Fsp3) is 0.136. The quantitative estimate of drug-likeness (QED) is 0.189. The summed E-state index contributed by atoms with van der Waals surface area (Å²) in [6, 6.07) is 45.6. The molecule has 0 aromatic heterocycles. The van der Waals surface area contributed by atoms with E-state index >= 15 is 0 Å². The molecule has 0 bridgehead atoms. The van der Waals surface area contributed by atoms with Gasteiger partial charge in [0.2, 0.25) is 0 Å². The summed E-state index contributed by atoms with van der Waals surface area (Å²) < 4.78 is 0. The van der Waals surface area contributed by atoms with Crippen LogP contribution in [-0.2, 0) is 10.8 Å². The number of fused-ring (bicyclic) bond motifs is 6. The molecule has 0 N–H and O–H groups in total. The first kappa shape index (κ1) is 27.8. The van der Waals surface area contributed by atoms with E-state index in [1.165, 1.54) is 72.3 Å².